The van der Waals surface area contributed by atoms with E-state index in [4.69, 9.17) is 16.3 Å². The second kappa shape index (κ2) is 8.21. The lowest BCUT2D eigenvalue weighted by molar-refractivity contribution is -0.385. The fraction of sp³-hybridized carbons (Fsp3) is 0.385. The molecule has 0 fully saturated rings. The van der Waals surface area contributed by atoms with Crippen molar-refractivity contribution in [1.29, 1.82) is 0 Å². The Kier molecular flexibility index (Phi) is 6.61. The lowest BCUT2D eigenvalue weighted by Gasteiger charge is -2.07. The summed E-state index contributed by atoms with van der Waals surface area (Å²) < 4.78 is 9.79. The fourth-order valence-electron chi connectivity index (χ4n) is 1.48. The molecule has 1 aromatic rings. The van der Waals surface area contributed by atoms with Gasteiger partial charge in [0.25, 0.3) is 0 Å². The number of carbonyl (C=O) groups excluding carboxylic acids is 2. The molecule has 1 rings (SSSR count). The number of esters is 1. The highest BCUT2D eigenvalue weighted by Crippen LogP contribution is 2.34. The molecule has 0 N–H and O–H groups in total. The minimum Gasteiger partial charge on any atom is -0.478 e. The number of carbonyl (C=O) groups is 2. The molecule has 114 valence electrons. The summed E-state index contributed by atoms with van der Waals surface area (Å²) in [6, 6.07) is 4.06. The molecular weight excluding hydrogens is 302 g/mol. The topological polar surface area (TPSA) is 95.7 Å². The smallest absolute Gasteiger partial charge is 0.312 e. The third-order valence-corrected chi connectivity index (χ3v) is 2.73. The van der Waals surface area contributed by atoms with Gasteiger partial charge < -0.3 is 9.47 Å². The van der Waals surface area contributed by atoms with Crippen molar-refractivity contribution in [2.24, 2.45) is 0 Å². The number of para-hydroxylation sites is 1. The quantitative estimate of drug-likeness (QED) is 0.415. The minimum atomic E-state index is -0.649. The first kappa shape index (κ1) is 16.9. The van der Waals surface area contributed by atoms with E-state index in [1.165, 1.54) is 18.2 Å². The van der Waals surface area contributed by atoms with Crippen molar-refractivity contribution in [1.82, 2.24) is 0 Å². The molecule has 0 saturated heterocycles. The van der Waals surface area contributed by atoms with E-state index in [9.17, 15) is 19.7 Å². The predicted octanol–water partition coefficient (Wildman–Crippen LogP) is 2.54. The Morgan fingerprint density at radius 3 is 2.67 bits per heavy atom. The fourth-order valence-corrected chi connectivity index (χ4v) is 1.71. The number of halogens is 1. The second-order valence-corrected chi connectivity index (χ2v) is 4.38. The minimum absolute atomic E-state index is 0.0439. The van der Waals surface area contributed by atoms with E-state index in [0.717, 1.165) is 0 Å². The van der Waals surface area contributed by atoms with Gasteiger partial charge in [-0.05, 0) is 13.0 Å². The van der Waals surface area contributed by atoms with Crippen molar-refractivity contribution in [3.8, 4) is 5.75 Å². The van der Waals surface area contributed by atoms with Crippen molar-refractivity contribution < 1.29 is 24.0 Å². The molecule has 1 aromatic carbocycles. The molecule has 0 aliphatic carbocycles. The van der Waals surface area contributed by atoms with Gasteiger partial charge in [-0.2, -0.15) is 0 Å². The van der Waals surface area contributed by atoms with Crippen LogP contribution in [0, 0.1) is 10.1 Å². The van der Waals surface area contributed by atoms with Crippen LogP contribution < -0.4 is 4.74 Å². The molecule has 21 heavy (non-hydrogen) atoms. The largest absolute Gasteiger partial charge is 0.478 e. The van der Waals surface area contributed by atoms with E-state index < -0.39 is 17.5 Å². The third kappa shape index (κ3) is 5.39. The van der Waals surface area contributed by atoms with Gasteiger partial charge in [-0.1, -0.05) is 17.7 Å². The van der Waals surface area contributed by atoms with Crippen LogP contribution in [0.15, 0.2) is 18.2 Å². The maximum absolute atomic E-state index is 11.6. The Morgan fingerprint density at radius 2 is 2.05 bits per heavy atom. The van der Waals surface area contributed by atoms with Crippen LogP contribution in [0.5, 0.6) is 5.75 Å². The highest BCUT2D eigenvalue weighted by molar-refractivity contribution is 6.32. The van der Waals surface area contributed by atoms with Crippen molar-refractivity contribution in [2.45, 2.75) is 19.8 Å². The summed E-state index contributed by atoms with van der Waals surface area (Å²) in [6.45, 7) is 1.51. The number of benzene rings is 1. The van der Waals surface area contributed by atoms with E-state index in [1.54, 1.807) is 6.92 Å². The highest BCUT2D eigenvalue weighted by atomic mass is 35.5. The van der Waals surface area contributed by atoms with Gasteiger partial charge in [-0.3, -0.25) is 19.7 Å². The number of hydrogen-bond donors (Lipinski definition) is 0. The molecule has 8 heteroatoms. The summed E-state index contributed by atoms with van der Waals surface area (Å²) in [5.74, 6) is -1.01. The monoisotopic (exact) mass is 315 g/mol. The first-order valence-electron chi connectivity index (χ1n) is 6.18. The molecule has 0 aromatic heterocycles. The molecule has 0 aliphatic rings. The van der Waals surface area contributed by atoms with Crippen LogP contribution in [0.4, 0.5) is 5.69 Å². The molecule has 0 radical (unpaired) electrons. The maximum Gasteiger partial charge on any atom is 0.312 e. The number of hydrogen-bond acceptors (Lipinski definition) is 6. The summed E-state index contributed by atoms with van der Waals surface area (Å²) >= 11 is 5.81. The first-order valence-corrected chi connectivity index (χ1v) is 6.56. The lowest BCUT2D eigenvalue weighted by Crippen LogP contribution is -2.14. The van der Waals surface area contributed by atoms with Crippen LogP contribution in [-0.2, 0) is 14.3 Å². The summed E-state index contributed by atoms with van der Waals surface area (Å²) in [6.07, 6.45) is -0.113. The van der Waals surface area contributed by atoms with Crippen LogP contribution in [0.3, 0.4) is 0 Å². The van der Waals surface area contributed by atoms with Gasteiger partial charge in [0.15, 0.2) is 5.78 Å². The highest BCUT2D eigenvalue weighted by Gasteiger charge is 2.19. The summed E-state index contributed by atoms with van der Waals surface area (Å²) in [4.78, 5) is 32.8. The number of ketones is 1. The van der Waals surface area contributed by atoms with Crippen molar-refractivity contribution in [3.63, 3.8) is 0 Å². The third-order valence-electron chi connectivity index (χ3n) is 2.43. The van der Waals surface area contributed by atoms with Gasteiger partial charge in [-0.25, -0.2) is 0 Å². The van der Waals surface area contributed by atoms with E-state index in [2.05, 4.69) is 4.74 Å². The maximum atomic E-state index is 11.6. The van der Waals surface area contributed by atoms with Gasteiger partial charge in [0.1, 0.15) is 6.61 Å². The molecular formula is C13H14ClNO6. The van der Waals surface area contributed by atoms with Crippen molar-refractivity contribution in [3.05, 3.63) is 33.3 Å². The van der Waals surface area contributed by atoms with Gasteiger partial charge in [0, 0.05) is 12.5 Å². The van der Waals surface area contributed by atoms with Crippen LogP contribution in [0.2, 0.25) is 5.02 Å². The van der Waals surface area contributed by atoms with Gasteiger partial charge in [0.2, 0.25) is 5.75 Å². The SMILES string of the molecule is CCOC(=O)CCC(=O)COc1c(Cl)cccc1[N+](=O)[O-]. The summed E-state index contributed by atoms with van der Waals surface area (Å²) in [5, 5.41) is 10.9. The number of ether oxygens (including phenoxy) is 2. The summed E-state index contributed by atoms with van der Waals surface area (Å²) in [5.41, 5.74) is -0.319. The molecule has 0 amide bonds. The molecule has 0 spiro atoms. The van der Waals surface area contributed by atoms with Gasteiger partial charge in [-0.15, -0.1) is 0 Å². The zero-order valence-corrected chi connectivity index (χ0v) is 12.1. The number of nitro groups is 1. The molecule has 0 bridgehead atoms. The predicted molar refractivity (Wildman–Crippen MR) is 74.5 cm³/mol. The van der Waals surface area contributed by atoms with Crippen molar-refractivity contribution in [2.75, 3.05) is 13.2 Å². The number of nitrogens with zero attached hydrogens (tertiary/aromatic N) is 1. The normalized spacial score (nSPS) is 10.0. The standard InChI is InChI=1S/C13H14ClNO6/c1-2-20-12(17)7-6-9(16)8-21-13-10(14)4-3-5-11(13)15(18)19/h3-5H,2,6-8H2,1H3. The van der Waals surface area contributed by atoms with Crippen molar-refractivity contribution >= 4 is 29.0 Å². The van der Waals surface area contributed by atoms with E-state index in [1.807, 2.05) is 0 Å². The Labute approximate surface area is 125 Å². The van der Waals surface area contributed by atoms with Gasteiger partial charge in [0.05, 0.1) is 23.0 Å². The Morgan fingerprint density at radius 1 is 1.33 bits per heavy atom. The Balaban J connectivity index is 2.57. The average Bonchev–Trinajstić information content (AvgIpc) is 2.43. The molecule has 7 nitrogen and oxygen atoms in total. The molecule has 0 saturated carbocycles. The second-order valence-electron chi connectivity index (χ2n) is 3.98. The number of rotatable bonds is 8. The first-order chi connectivity index (χ1) is 9.95. The van der Waals surface area contributed by atoms with E-state index in [-0.39, 0.29) is 41.7 Å². The molecule has 0 heterocycles. The molecule has 0 atom stereocenters. The molecule has 0 aliphatic heterocycles. The van der Waals surface area contributed by atoms with Crippen LogP contribution in [0.25, 0.3) is 0 Å². The zero-order chi connectivity index (χ0) is 15.8. The summed E-state index contributed by atoms with van der Waals surface area (Å²) in [7, 11) is 0. The van der Waals surface area contributed by atoms with E-state index in [0.29, 0.717) is 0 Å². The van der Waals surface area contributed by atoms with Crippen LogP contribution in [0.1, 0.15) is 19.8 Å². The number of nitro benzene ring substituents is 1. The Bertz CT molecular complexity index is 545. The van der Waals surface area contributed by atoms with E-state index >= 15 is 0 Å². The Hall–Kier alpha value is -2.15. The average molecular weight is 316 g/mol. The molecule has 0 unspecified atom stereocenters. The van der Waals surface area contributed by atoms with Crippen LogP contribution >= 0.6 is 11.6 Å². The van der Waals surface area contributed by atoms with Gasteiger partial charge >= 0.3 is 11.7 Å². The lowest BCUT2D eigenvalue weighted by atomic mass is 10.2. The zero-order valence-electron chi connectivity index (χ0n) is 11.3. The number of Topliss-reactive ketones (excluding diaryl/α,β-unsaturated/α-hetero) is 1. The van der Waals surface area contributed by atoms with Crippen LogP contribution in [-0.4, -0.2) is 29.9 Å².